The van der Waals surface area contributed by atoms with Gasteiger partial charge in [-0.25, -0.2) is 0 Å². The SMILES string of the molecule is CCCN(CC1CCOCC1)C1CCC(N)CC1. The lowest BCUT2D eigenvalue weighted by Gasteiger charge is -2.38. The molecule has 3 nitrogen and oxygen atoms in total. The van der Waals surface area contributed by atoms with Crippen molar-refractivity contribution in [3.05, 3.63) is 0 Å². The van der Waals surface area contributed by atoms with Crippen LogP contribution >= 0.6 is 0 Å². The smallest absolute Gasteiger partial charge is 0.0469 e. The van der Waals surface area contributed by atoms with Crippen molar-refractivity contribution in [1.29, 1.82) is 0 Å². The molecule has 2 aliphatic rings. The highest BCUT2D eigenvalue weighted by atomic mass is 16.5. The fourth-order valence-corrected chi connectivity index (χ4v) is 3.44. The molecule has 1 aliphatic heterocycles. The summed E-state index contributed by atoms with van der Waals surface area (Å²) in [6.07, 6.45) is 8.84. The molecule has 1 aliphatic carbocycles. The van der Waals surface area contributed by atoms with Crippen molar-refractivity contribution in [3.63, 3.8) is 0 Å². The number of ether oxygens (including phenoxy) is 1. The fourth-order valence-electron chi connectivity index (χ4n) is 3.44. The largest absolute Gasteiger partial charge is 0.381 e. The molecule has 0 amide bonds. The molecule has 0 aromatic rings. The first-order valence-electron chi connectivity index (χ1n) is 7.87. The highest BCUT2D eigenvalue weighted by Gasteiger charge is 2.26. The third-order valence-corrected chi connectivity index (χ3v) is 4.60. The molecule has 1 heterocycles. The molecular formula is C15H30N2O. The van der Waals surface area contributed by atoms with Crippen LogP contribution in [0.3, 0.4) is 0 Å². The molecule has 106 valence electrons. The third kappa shape index (κ3) is 4.22. The molecule has 0 radical (unpaired) electrons. The van der Waals surface area contributed by atoms with Crippen LogP contribution < -0.4 is 5.73 Å². The van der Waals surface area contributed by atoms with Crippen LogP contribution in [-0.4, -0.2) is 43.3 Å². The summed E-state index contributed by atoms with van der Waals surface area (Å²) in [5, 5.41) is 0. The Labute approximate surface area is 112 Å². The Morgan fingerprint density at radius 1 is 1.06 bits per heavy atom. The zero-order chi connectivity index (χ0) is 12.8. The minimum absolute atomic E-state index is 0.466. The van der Waals surface area contributed by atoms with Crippen LogP contribution in [-0.2, 0) is 4.74 Å². The van der Waals surface area contributed by atoms with E-state index in [-0.39, 0.29) is 0 Å². The van der Waals surface area contributed by atoms with Gasteiger partial charge in [-0.15, -0.1) is 0 Å². The quantitative estimate of drug-likeness (QED) is 0.819. The normalized spacial score (nSPS) is 30.8. The van der Waals surface area contributed by atoms with Gasteiger partial charge < -0.3 is 15.4 Å². The summed E-state index contributed by atoms with van der Waals surface area (Å²) in [5.41, 5.74) is 6.02. The Hall–Kier alpha value is -0.120. The summed E-state index contributed by atoms with van der Waals surface area (Å²) in [6.45, 7) is 6.79. The Morgan fingerprint density at radius 2 is 1.72 bits per heavy atom. The van der Waals surface area contributed by atoms with Crippen LogP contribution in [0.1, 0.15) is 51.9 Å². The van der Waals surface area contributed by atoms with Gasteiger partial charge in [-0.05, 0) is 57.4 Å². The van der Waals surface area contributed by atoms with Crippen molar-refractivity contribution in [3.8, 4) is 0 Å². The van der Waals surface area contributed by atoms with Gasteiger partial charge in [0.1, 0.15) is 0 Å². The average molecular weight is 254 g/mol. The van der Waals surface area contributed by atoms with E-state index >= 15 is 0 Å². The van der Waals surface area contributed by atoms with Crippen molar-refractivity contribution in [2.24, 2.45) is 11.7 Å². The molecule has 3 heteroatoms. The first kappa shape index (κ1) is 14.3. The predicted octanol–water partition coefficient (Wildman–Crippen LogP) is 2.39. The molecular weight excluding hydrogens is 224 g/mol. The summed E-state index contributed by atoms with van der Waals surface area (Å²) in [7, 11) is 0. The monoisotopic (exact) mass is 254 g/mol. The van der Waals surface area contributed by atoms with E-state index < -0.39 is 0 Å². The van der Waals surface area contributed by atoms with Gasteiger partial charge in [0.05, 0.1) is 0 Å². The molecule has 2 fully saturated rings. The number of rotatable bonds is 5. The molecule has 0 bridgehead atoms. The summed E-state index contributed by atoms with van der Waals surface area (Å²) in [4.78, 5) is 2.75. The second kappa shape index (κ2) is 7.46. The Bertz CT molecular complexity index is 221. The number of hydrogen-bond acceptors (Lipinski definition) is 3. The zero-order valence-corrected chi connectivity index (χ0v) is 11.9. The van der Waals surface area contributed by atoms with E-state index in [1.54, 1.807) is 0 Å². The maximum absolute atomic E-state index is 6.02. The van der Waals surface area contributed by atoms with Crippen LogP contribution in [0.5, 0.6) is 0 Å². The molecule has 2 N–H and O–H groups in total. The van der Waals surface area contributed by atoms with Crippen molar-refractivity contribution >= 4 is 0 Å². The van der Waals surface area contributed by atoms with Crippen LogP contribution in [0.2, 0.25) is 0 Å². The van der Waals surface area contributed by atoms with E-state index in [9.17, 15) is 0 Å². The van der Waals surface area contributed by atoms with Crippen LogP contribution in [0.4, 0.5) is 0 Å². The topological polar surface area (TPSA) is 38.5 Å². The van der Waals surface area contributed by atoms with Gasteiger partial charge in [-0.1, -0.05) is 6.92 Å². The summed E-state index contributed by atoms with van der Waals surface area (Å²) < 4.78 is 5.47. The van der Waals surface area contributed by atoms with E-state index in [2.05, 4.69) is 11.8 Å². The number of hydrogen-bond donors (Lipinski definition) is 1. The van der Waals surface area contributed by atoms with Gasteiger partial charge in [0.25, 0.3) is 0 Å². The van der Waals surface area contributed by atoms with Crippen molar-refractivity contribution in [1.82, 2.24) is 4.90 Å². The van der Waals surface area contributed by atoms with Gasteiger partial charge in [0, 0.05) is 31.8 Å². The highest BCUT2D eigenvalue weighted by molar-refractivity contribution is 4.82. The maximum Gasteiger partial charge on any atom is 0.0469 e. The molecule has 1 saturated heterocycles. The summed E-state index contributed by atoms with van der Waals surface area (Å²) in [6, 6.07) is 1.26. The first-order valence-corrected chi connectivity index (χ1v) is 7.87. The Balaban J connectivity index is 1.82. The molecule has 2 rings (SSSR count). The van der Waals surface area contributed by atoms with E-state index in [1.165, 1.54) is 58.0 Å². The van der Waals surface area contributed by atoms with Crippen LogP contribution in [0, 0.1) is 5.92 Å². The second-order valence-corrected chi connectivity index (χ2v) is 6.12. The van der Waals surface area contributed by atoms with Gasteiger partial charge >= 0.3 is 0 Å². The van der Waals surface area contributed by atoms with E-state index in [0.29, 0.717) is 6.04 Å². The molecule has 18 heavy (non-hydrogen) atoms. The van der Waals surface area contributed by atoms with Gasteiger partial charge in [-0.3, -0.25) is 0 Å². The van der Waals surface area contributed by atoms with Gasteiger partial charge in [-0.2, -0.15) is 0 Å². The van der Waals surface area contributed by atoms with Gasteiger partial charge in [0.15, 0.2) is 0 Å². The summed E-state index contributed by atoms with van der Waals surface area (Å²) >= 11 is 0. The molecule has 0 atom stereocenters. The fraction of sp³-hybridized carbons (Fsp3) is 1.00. The highest BCUT2D eigenvalue weighted by Crippen LogP contribution is 2.25. The van der Waals surface area contributed by atoms with Crippen molar-refractivity contribution in [2.75, 3.05) is 26.3 Å². The zero-order valence-electron chi connectivity index (χ0n) is 11.9. The predicted molar refractivity (Wildman–Crippen MR) is 75.6 cm³/mol. The minimum Gasteiger partial charge on any atom is -0.381 e. The van der Waals surface area contributed by atoms with Crippen molar-refractivity contribution in [2.45, 2.75) is 64.0 Å². The maximum atomic E-state index is 6.02. The Kier molecular flexibility index (Phi) is 5.93. The lowest BCUT2D eigenvalue weighted by molar-refractivity contribution is 0.0402. The van der Waals surface area contributed by atoms with Crippen LogP contribution in [0.15, 0.2) is 0 Å². The molecule has 0 unspecified atom stereocenters. The minimum atomic E-state index is 0.466. The van der Waals surface area contributed by atoms with E-state index in [1.807, 2.05) is 0 Å². The standard InChI is InChI=1S/C15H30N2O/c1-2-9-17(12-13-7-10-18-11-8-13)15-5-3-14(16)4-6-15/h13-15H,2-12,16H2,1H3. The molecule has 0 aromatic heterocycles. The lowest BCUT2D eigenvalue weighted by atomic mass is 9.89. The lowest BCUT2D eigenvalue weighted by Crippen LogP contribution is -2.44. The third-order valence-electron chi connectivity index (χ3n) is 4.60. The molecule has 0 aromatic carbocycles. The van der Waals surface area contributed by atoms with Gasteiger partial charge in [0.2, 0.25) is 0 Å². The average Bonchev–Trinajstić information content (AvgIpc) is 2.40. The molecule has 0 spiro atoms. The Morgan fingerprint density at radius 3 is 2.33 bits per heavy atom. The molecule has 1 saturated carbocycles. The second-order valence-electron chi connectivity index (χ2n) is 6.12. The van der Waals surface area contributed by atoms with Crippen LogP contribution in [0.25, 0.3) is 0 Å². The van der Waals surface area contributed by atoms with Crippen molar-refractivity contribution < 1.29 is 4.74 Å². The number of nitrogens with two attached hydrogens (primary N) is 1. The number of nitrogens with zero attached hydrogens (tertiary/aromatic N) is 1. The first-order chi connectivity index (χ1) is 8.79. The van der Waals surface area contributed by atoms with E-state index in [4.69, 9.17) is 10.5 Å². The van der Waals surface area contributed by atoms with E-state index in [0.717, 1.165) is 25.2 Å². The summed E-state index contributed by atoms with van der Waals surface area (Å²) in [5.74, 6) is 0.862.